The first-order chi connectivity index (χ1) is 7.92. The third-order valence-corrected chi connectivity index (χ3v) is 3.99. The largest absolute Gasteiger partial charge is 0.314 e. The quantitative estimate of drug-likeness (QED) is 0.812. The Bertz CT molecular complexity index is 336. The van der Waals surface area contributed by atoms with Crippen LogP contribution in [0.2, 0.25) is 0 Å². The Balaban J connectivity index is 1.60. The molecule has 86 valence electrons. The van der Waals surface area contributed by atoms with E-state index in [0.29, 0.717) is 0 Å². The summed E-state index contributed by atoms with van der Waals surface area (Å²) in [6, 6.07) is 11.7. The molecular weight excluding hydrogens is 196 g/mol. The van der Waals surface area contributed by atoms with Crippen LogP contribution in [0.4, 0.5) is 0 Å². The molecule has 0 radical (unpaired) electrons. The van der Waals surface area contributed by atoms with E-state index in [1.165, 1.54) is 38.0 Å². The fourth-order valence-corrected chi connectivity index (χ4v) is 3.11. The van der Waals surface area contributed by atoms with Crippen LogP contribution in [-0.4, -0.2) is 30.6 Å². The highest BCUT2D eigenvalue weighted by Gasteiger charge is 2.32. The van der Waals surface area contributed by atoms with Gasteiger partial charge in [0, 0.05) is 19.1 Å². The Kier molecular flexibility index (Phi) is 2.94. The second-order valence-corrected chi connectivity index (χ2v) is 5.12. The van der Waals surface area contributed by atoms with Crippen molar-refractivity contribution >= 4 is 0 Å². The summed E-state index contributed by atoms with van der Waals surface area (Å²) in [7, 11) is 0. The van der Waals surface area contributed by atoms with Crippen molar-refractivity contribution < 1.29 is 0 Å². The van der Waals surface area contributed by atoms with Gasteiger partial charge in [0.1, 0.15) is 0 Å². The molecule has 2 heteroatoms. The van der Waals surface area contributed by atoms with Crippen LogP contribution in [0.25, 0.3) is 0 Å². The highest BCUT2D eigenvalue weighted by Crippen LogP contribution is 2.25. The normalized spacial score (nSPS) is 30.2. The molecule has 0 aromatic heterocycles. The van der Waals surface area contributed by atoms with E-state index in [1.54, 1.807) is 0 Å². The Morgan fingerprint density at radius 1 is 1.19 bits per heavy atom. The summed E-state index contributed by atoms with van der Waals surface area (Å²) in [4.78, 5) is 2.61. The van der Waals surface area contributed by atoms with Crippen molar-refractivity contribution in [2.75, 3.05) is 19.6 Å². The molecule has 1 aromatic rings. The second-order valence-electron chi connectivity index (χ2n) is 5.12. The van der Waals surface area contributed by atoms with Crippen LogP contribution in [0.5, 0.6) is 0 Å². The summed E-state index contributed by atoms with van der Waals surface area (Å²) in [6.45, 7) is 4.90. The van der Waals surface area contributed by atoms with Gasteiger partial charge in [0.25, 0.3) is 0 Å². The average Bonchev–Trinajstić information content (AvgIpc) is 2.77. The number of nitrogens with zero attached hydrogens (tertiary/aromatic N) is 1. The molecule has 2 aliphatic heterocycles. The van der Waals surface area contributed by atoms with Crippen LogP contribution >= 0.6 is 0 Å². The van der Waals surface area contributed by atoms with Gasteiger partial charge in [-0.2, -0.15) is 0 Å². The van der Waals surface area contributed by atoms with Crippen LogP contribution in [0, 0.1) is 5.92 Å². The smallest absolute Gasteiger partial charge is 0.0233 e. The molecule has 0 bridgehead atoms. The van der Waals surface area contributed by atoms with Crippen molar-refractivity contribution in [1.29, 1.82) is 0 Å². The van der Waals surface area contributed by atoms with Crippen molar-refractivity contribution in [1.82, 2.24) is 10.2 Å². The maximum absolute atomic E-state index is 3.62. The van der Waals surface area contributed by atoms with E-state index < -0.39 is 0 Å². The lowest BCUT2D eigenvalue weighted by Gasteiger charge is -2.34. The van der Waals surface area contributed by atoms with Gasteiger partial charge in [0.2, 0.25) is 0 Å². The van der Waals surface area contributed by atoms with E-state index in [9.17, 15) is 0 Å². The Morgan fingerprint density at radius 3 is 2.94 bits per heavy atom. The van der Waals surface area contributed by atoms with Crippen molar-refractivity contribution in [3.8, 4) is 0 Å². The van der Waals surface area contributed by atoms with Gasteiger partial charge in [-0.3, -0.25) is 4.90 Å². The molecule has 16 heavy (non-hydrogen) atoms. The third-order valence-electron chi connectivity index (χ3n) is 3.99. The van der Waals surface area contributed by atoms with Gasteiger partial charge in [0.15, 0.2) is 0 Å². The first-order valence-corrected chi connectivity index (χ1v) is 6.41. The Labute approximate surface area is 97.6 Å². The molecule has 2 aliphatic rings. The van der Waals surface area contributed by atoms with E-state index in [-0.39, 0.29) is 0 Å². The Hall–Kier alpha value is -0.860. The highest BCUT2D eigenvalue weighted by molar-refractivity contribution is 5.14. The zero-order chi connectivity index (χ0) is 10.8. The SMILES string of the molecule is c1ccc(CN2CC[C@H]3NCC[C@H]3C2)cc1. The lowest BCUT2D eigenvalue weighted by molar-refractivity contribution is 0.156. The first-order valence-electron chi connectivity index (χ1n) is 6.41. The van der Waals surface area contributed by atoms with Gasteiger partial charge in [0.05, 0.1) is 0 Å². The molecule has 0 spiro atoms. The van der Waals surface area contributed by atoms with Crippen LogP contribution in [-0.2, 0) is 6.54 Å². The highest BCUT2D eigenvalue weighted by atomic mass is 15.2. The van der Waals surface area contributed by atoms with Gasteiger partial charge < -0.3 is 5.32 Å². The molecular formula is C14H20N2. The van der Waals surface area contributed by atoms with Gasteiger partial charge in [-0.15, -0.1) is 0 Å². The maximum atomic E-state index is 3.62. The number of benzene rings is 1. The topological polar surface area (TPSA) is 15.3 Å². The third kappa shape index (κ3) is 2.13. The first kappa shape index (κ1) is 10.3. The van der Waals surface area contributed by atoms with Crippen LogP contribution < -0.4 is 5.32 Å². The summed E-state index contributed by atoms with van der Waals surface area (Å²) < 4.78 is 0. The summed E-state index contributed by atoms with van der Waals surface area (Å²) in [5.74, 6) is 0.900. The zero-order valence-corrected chi connectivity index (χ0v) is 9.73. The van der Waals surface area contributed by atoms with E-state index in [0.717, 1.165) is 18.5 Å². The lowest BCUT2D eigenvalue weighted by atomic mass is 9.93. The standard InChI is InChI=1S/C14H20N2/c1-2-4-12(5-3-1)10-16-9-7-14-13(11-16)6-8-15-14/h1-5,13-15H,6-11H2/t13-,14+/m0/s1. The van der Waals surface area contributed by atoms with Crippen LogP contribution in [0.15, 0.2) is 30.3 Å². The summed E-state index contributed by atoms with van der Waals surface area (Å²) in [6.07, 6.45) is 2.70. The molecule has 2 nitrogen and oxygen atoms in total. The molecule has 0 unspecified atom stereocenters. The summed E-state index contributed by atoms with van der Waals surface area (Å²) in [5.41, 5.74) is 1.45. The van der Waals surface area contributed by atoms with Gasteiger partial charge >= 0.3 is 0 Å². The monoisotopic (exact) mass is 216 g/mol. The van der Waals surface area contributed by atoms with Crippen molar-refractivity contribution in [3.63, 3.8) is 0 Å². The molecule has 1 aromatic carbocycles. The second kappa shape index (κ2) is 4.56. The summed E-state index contributed by atoms with van der Waals surface area (Å²) in [5, 5.41) is 3.62. The number of likely N-dealkylation sites (tertiary alicyclic amines) is 1. The minimum Gasteiger partial charge on any atom is -0.314 e. The molecule has 2 saturated heterocycles. The van der Waals surface area contributed by atoms with Crippen molar-refractivity contribution in [3.05, 3.63) is 35.9 Å². The van der Waals surface area contributed by atoms with Gasteiger partial charge in [-0.1, -0.05) is 30.3 Å². The van der Waals surface area contributed by atoms with E-state index in [2.05, 4.69) is 40.5 Å². The fraction of sp³-hybridized carbons (Fsp3) is 0.571. The minimum absolute atomic E-state index is 0.812. The van der Waals surface area contributed by atoms with Crippen molar-refractivity contribution in [2.45, 2.75) is 25.4 Å². The van der Waals surface area contributed by atoms with Crippen LogP contribution in [0.1, 0.15) is 18.4 Å². The van der Waals surface area contributed by atoms with Gasteiger partial charge in [-0.25, -0.2) is 0 Å². The van der Waals surface area contributed by atoms with E-state index in [4.69, 9.17) is 0 Å². The fourth-order valence-electron chi connectivity index (χ4n) is 3.11. The predicted octanol–water partition coefficient (Wildman–Crippen LogP) is 1.87. The number of fused-ring (bicyclic) bond motifs is 1. The minimum atomic E-state index is 0.812. The Morgan fingerprint density at radius 2 is 2.06 bits per heavy atom. The molecule has 0 amide bonds. The molecule has 0 aliphatic carbocycles. The molecule has 2 atom stereocenters. The average molecular weight is 216 g/mol. The van der Waals surface area contributed by atoms with E-state index >= 15 is 0 Å². The molecule has 0 saturated carbocycles. The van der Waals surface area contributed by atoms with Crippen molar-refractivity contribution in [2.24, 2.45) is 5.92 Å². The number of rotatable bonds is 2. The van der Waals surface area contributed by atoms with Gasteiger partial charge in [-0.05, 0) is 37.4 Å². The summed E-state index contributed by atoms with van der Waals surface area (Å²) >= 11 is 0. The zero-order valence-electron chi connectivity index (χ0n) is 9.73. The van der Waals surface area contributed by atoms with Crippen LogP contribution in [0.3, 0.4) is 0 Å². The molecule has 2 heterocycles. The molecule has 3 rings (SSSR count). The maximum Gasteiger partial charge on any atom is 0.0233 e. The number of piperidine rings is 1. The number of hydrogen-bond acceptors (Lipinski definition) is 2. The predicted molar refractivity (Wildman–Crippen MR) is 66.2 cm³/mol. The molecule has 2 fully saturated rings. The lowest BCUT2D eigenvalue weighted by Crippen LogP contribution is -2.43. The molecule has 1 N–H and O–H groups in total. The number of nitrogens with one attached hydrogen (secondary N) is 1. The van der Waals surface area contributed by atoms with E-state index in [1.807, 2.05) is 0 Å². The number of hydrogen-bond donors (Lipinski definition) is 1.